The van der Waals surface area contributed by atoms with E-state index in [1.54, 1.807) is 12.4 Å². The average Bonchev–Trinajstić information content (AvgIpc) is 2.50. The lowest BCUT2D eigenvalue weighted by atomic mass is 10.0. The van der Waals surface area contributed by atoms with Gasteiger partial charge in [0.05, 0.1) is 0 Å². The molecule has 0 amide bonds. The number of nitrogens with zero attached hydrogens (tertiary/aromatic N) is 1. The van der Waals surface area contributed by atoms with Crippen LogP contribution in [-0.2, 0) is 11.2 Å². The van der Waals surface area contributed by atoms with Gasteiger partial charge in [-0.2, -0.15) is 0 Å². The molecule has 0 unspecified atom stereocenters. The SMILES string of the molecule is CCCc1[nH]c(=O)c(N/C=C/C(C)=O)cc1-c1ccncc1. The van der Waals surface area contributed by atoms with E-state index in [1.807, 2.05) is 18.2 Å². The van der Waals surface area contributed by atoms with E-state index in [9.17, 15) is 9.59 Å². The number of hydrogen-bond donors (Lipinski definition) is 2. The topological polar surface area (TPSA) is 74.8 Å². The van der Waals surface area contributed by atoms with Crippen LogP contribution in [0, 0.1) is 0 Å². The van der Waals surface area contributed by atoms with E-state index < -0.39 is 0 Å². The van der Waals surface area contributed by atoms with Gasteiger partial charge in [0.1, 0.15) is 5.69 Å². The fraction of sp³-hybridized carbons (Fsp3) is 0.235. The maximum absolute atomic E-state index is 12.1. The smallest absolute Gasteiger partial charge is 0.271 e. The Bertz CT molecular complexity index is 733. The number of H-pyrrole nitrogens is 1. The lowest BCUT2D eigenvalue weighted by molar-refractivity contribution is -0.112. The summed E-state index contributed by atoms with van der Waals surface area (Å²) in [5, 5.41) is 2.86. The van der Waals surface area contributed by atoms with Crippen molar-refractivity contribution in [2.24, 2.45) is 0 Å². The van der Waals surface area contributed by atoms with Crippen molar-refractivity contribution in [2.45, 2.75) is 26.7 Å². The van der Waals surface area contributed by atoms with Crippen LogP contribution < -0.4 is 10.9 Å². The van der Waals surface area contributed by atoms with Gasteiger partial charge >= 0.3 is 0 Å². The van der Waals surface area contributed by atoms with Gasteiger partial charge in [-0.3, -0.25) is 14.6 Å². The number of aromatic amines is 1. The maximum atomic E-state index is 12.1. The molecule has 0 bridgehead atoms. The second kappa shape index (κ2) is 7.36. The van der Waals surface area contributed by atoms with Gasteiger partial charge in [-0.15, -0.1) is 0 Å². The van der Waals surface area contributed by atoms with Gasteiger partial charge in [-0.05, 0) is 43.2 Å². The molecule has 0 aliphatic carbocycles. The molecule has 0 aliphatic rings. The van der Waals surface area contributed by atoms with E-state index in [-0.39, 0.29) is 11.3 Å². The Balaban J connectivity index is 2.45. The van der Waals surface area contributed by atoms with Crippen LogP contribution in [0.15, 0.2) is 47.7 Å². The van der Waals surface area contributed by atoms with Crippen molar-refractivity contribution in [3.05, 3.63) is 58.9 Å². The monoisotopic (exact) mass is 297 g/mol. The first-order chi connectivity index (χ1) is 10.6. The zero-order chi connectivity index (χ0) is 15.9. The van der Waals surface area contributed by atoms with Crippen molar-refractivity contribution in [3.8, 4) is 11.1 Å². The van der Waals surface area contributed by atoms with E-state index in [4.69, 9.17) is 0 Å². The highest BCUT2D eigenvalue weighted by molar-refractivity contribution is 5.87. The summed E-state index contributed by atoms with van der Waals surface area (Å²) in [5.41, 5.74) is 3.06. The van der Waals surface area contributed by atoms with Crippen LogP contribution in [0.3, 0.4) is 0 Å². The number of nitrogens with one attached hydrogen (secondary N) is 2. The third kappa shape index (κ3) is 3.91. The molecule has 2 aromatic heterocycles. The van der Waals surface area contributed by atoms with Gasteiger partial charge in [0.25, 0.3) is 5.56 Å². The first kappa shape index (κ1) is 15.7. The molecule has 0 radical (unpaired) electrons. The van der Waals surface area contributed by atoms with Crippen LogP contribution in [-0.4, -0.2) is 15.8 Å². The molecule has 0 atom stereocenters. The van der Waals surface area contributed by atoms with Crippen molar-refractivity contribution in [1.29, 1.82) is 0 Å². The Labute approximate surface area is 129 Å². The van der Waals surface area contributed by atoms with Crippen molar-refractivity contribution < 1.29 is 4.79 Å². The minimum atomic E-state index is -0.200. The highest BCUT2D eigenvalue weighted by Crippen LogP contribution is 2.24. The molecular formula is C17H19N3O2. The molecule has 0 spiro atoms. The summed E-state index contributed by atoms with van der Waals surface area (Å²) in [6.07, 6.45) is 8.02. The standard InChI is InChI=1S/C17H19N3O2/c1-3-4-15-14(13-6-8-18-9-7-13)11-16(17(22)20-15)19-10-5-12(2)21/h5-11,19H,3-4H2,1-2H3,(H,20,22)/b10-5+. The first-order valence-electron chi connectivity index (χ1n) is 7.22. The number of rotatable bonds is 6. The number of aryl methyl sites for hydroxylation is 1. The number of anilines is 1. The first-order valence-corrected chi connectivity index (χ1v) is 7.22. The van der Waals surface area contributed by atoms with Crippen LogP contribution in [0.1, 0.15) is 26.0 Å². The van der Waals surface area contributed by atoms with Crippen LogP contribution >= 0.6 is 0 Å². The zero-order valence-corrected chi connectivity index (χ0v) is 12.7. The highest BCUT2D eigenvalue weighted by Gasteiger charge is 2.09. The number of pyridine rings is 2. The van der Waals surface area contributed by atoms with Crippen LogP contribution in [0.25, 0.3) is 11.1 Å². The molecule has 0 aliphatic heterocycles. The number of ketones is 1. The van der Waals surface area contributed by atoms with Crippen molar-refractivity contribution in [3.63, 3.8) is 0 Å². The number of aromatic nitrogens is 2. The Morgan fingerprint density at radius 1 is 1.36 bits per heavy atom. The van der Waals surface area contributed by atoms with Crippen molar-refractivity contribution in [2.75, 3.05) is 5.32 Å². The van der Waals surface area contributed by atoms with E-state index >= 15 is 0 Å². The van der Waals surface area contributed by atoms with Crippen LogP contribution in [0.5, 0.6) is 0 Å². The highest BCUT2D eigenvalue weighted by atomic mass is 16.1. The second-order valence-corrected chi connectivity index (χ2v) is 4.98. The Hall–Kier alpha value is -2.69. The van der Waals surface area contributed by atoms with E-state index in [2.05, 4.69) is 22.2 Å². The molecule has 2 N–H and O–H groups in total. The Morgan fingerprint density at radius 3 is 2.73 bits per heavy atom. The fourth-order valence-electron chi connectivity index (χ4n) is 2.16. The summed E-state index contributed by atoms with van der Waals surface area (Å²) in [5.74, 6) is -0.0825. The Kier molecular flexibility index (Phi) is 5.25. The fourth-order valence-corrected chi connectivity index (χ4v) is 2.16. The van der Waals surface area contributed by atoms with Gasteiger partial charge in [-0.25, -0.2) is 0 Å². The number of carbonyl (C=O) groups is 1. The summed E-state index contributed by atoms with van der Waals surface area (Å²) < 4.78 is 0. The van der Waals surface area contributed by atoms with E-state index in [1.165, 1.54) is 19.2 Å². The summed E-state index contributed by atoms with van der Waals surface area (Å²) in [4.78, 5) is 30.0. The molecule has 0 fully saturated rings. The number of allylic oxidation sites excluding steroid dienone is 1. The van der Waals surface area contributed by atoms with E-state index in [0.29, 0.717) is 5.69 Å². The van der Waals surface area contributed by atoms with Crippen LogP contribution in [0.4, 0.5) is 5.69 Å². The molecule has 22 heavy (non-hydrogen) atoms. The minimum Gasteiger partial charge on any atom is -0.357 e. The van der Waals surface area contributed by atoms with Gasteiger partial charge < -0.3 is 10.3 Å². The molecule has 5 nitrogen and oxygen atoms in total. The molecule has 114 valence electrons. The second-order valence-electron chi connectivity index (χ2n) is 4.98. The minimum absolute atomic E-state index is 0.0825. The zero-order valence-electron chi connectivity index (χ0n) is 12.7. The molecule has 2 aromatic rings. The predicted octanol–water partition coefficient (Wildman–Crippen LogP) is 2.90. The van der Waals surface area contributed by atoms with E-state index in [0.717, 1.165) is 29.7 Å². The molecule has 0 aromatic carbocycles. The summed E-state index contributed by atoms with van der Waals surface area (Å²) in [7, 11) is 0. The predicted molar refractivity (Wildman–Crippen MR) is 87.7 cm³/mol. The molecular weight excluding hydrogens is 278 g/mol. The van der Waals surface area contributed by atoms with Gasteiger partial charge in [0.15, 0.2) is 5.78 Å². The lowest BCUT2D eigenvalue weighted by Crippen LogP contribution is -2.14. The summed E-state index contributed by atoms with van der Waals surface area (Å²) >= 11 is 0. The average molecular weight is 297 g/mol. The largest absolute Gasteiger partial charge is 0.357 e. The number of carbonyl (C=O) groups excluding carboxylic acids is 1. The third-order valence-electron chi connectivity index (χ3n) is 3.17. The van der Waals surface area contributed by atoms with Gasteiger partial charge in [-0.1, -0.05) is 13.3 Å². The maximum Gasteiger partial charge on any atom is 0.271 e. The van der Waals surface area contributed by atoms with Gasteiger partial charge in [0, 0.05) is 29.9 Å². The van der Waals surface area contributed by atoms with Crippen molar-refractivity contribution in [1.82, 2.24) is 9.97 Å². The normalized spacial score (nSPS) is 10.8. The molecule has 0 saturated heterocycles. The summed E-state index contributed by atoms with van der Waals surface area (Å²) in [6.45, 7) is 3.52. The molecule has 0 saturated carbocycles. The van der Waals surface area contributed by atoms with Crippen LogP contribution in [0.2, 0.25) is 0 Å². The number of hydrogen-bond acceptors (Lipinski definition) is 4. The molecule has 5 heteroatoms. The Morgan fingerprint density at radius 2 is 2.09 bits per heavy atom. The van der Waals surface area contributed by atoms with Gasteiger partial charge in [0.2, 0.25) is 0 Å². The third-order valence-corrected chi connectivity index (χ3v) is 3.17. The quantitative estimate of drug-likeness (QED) is 0.804. The molecule has 2 heterocycles. The lowest BCUT2D eigenvalue weighted by Gasteiger charge is -2.11. The summed E-state index contributed by atoms with van der Waals surface area (Å²) in [6, 6.07) is 5.62. The molecule has 2 rings (SSSR count). The van der Waals surface area contributed by atoms with Crippen molar-refractivity contribution >= 4 is 11.5 Å².